The number of benzene rings is 2. The second-order valence-electron chi connectivity index (χ2n) is 6.26. The number of hydrogen-bond acceptors (Lipinski definition) is 2. The van der Waals surface area contributed by atoms with Crippen molar-refractivity contribution in [2.45, 2.75) is 33.7 Å². The SMILES string of the molecule is C/C(CC[n+]1c(C)ccc2ccccc21)=N/Nc1ccc(C)cc1. The zero-order chi connectivity index (χ0) is 16.9. The van der Waals surface area contributed by atoms with Crippen LogP contribution in [0.4, 0.5) is 5.69 Å². The maximum absolute atomic E-state index is 4.50. The van der Waals surface area contributed by atoms with Crippen molar-refractivity contribution >= 4 is 22.3 Å². The van der Waals surface area contributed by atoms with Crippen molar-refractivity contribution in [3.63, 3.8) is 0 Å². The lowest BCUT2D eigenvalue weighted by Gasteiger charge is -2.06. The van der Waals surface area contributed by atoms with Gasteiger partial charge in [-0.2, -0.15) is 9.67 Å². The Bertz CT molecular complexity index is 864. The van der Waals surface area contributed by atoms with Crippen molar-refractivity contribution < 1.29 is 4.57 Å². The Morgan fingerprint density at radius 1 is 0.958 bits per heavy atom. The van der Waals surface area contributed by atoms with Crippen molar-refractivity contribution in [2.24, 2.45) is 5.10 Å². The molecule has 3 rings (SSSR count). The summed E-state index contributed by atoms with van der Waals surface area (Å²) in [6, 6.07) is 21.2. The quantitative estimate of drug-likeness (QED) is 0.415. The van der Waals surface area contributed by atoms with E-state index in [9.17, 15) is 0 Å². The molecule has 0 unspecified atom stereocenters. The second kappa shape index (κ2) is 7.26. The number of fused-ring (bicyclic) bond motifs is 1. The molecule has 1 heterocycles. The highest BCUT2D eigenvalue weighted by Gasteiger charge is 2.12. The molecule has 1 aromatic heterocycles. The largest absolute Gasteiger partial charge is 0.279 e. The van der Waals surface area contributed by atoms with Gasteiger partial charge < -0.3 is 0 Å². The van der Waals surface area contributed by atoms with Gasteiger partial charge in [0, 0.05) is 36.6 Å². The minimum Gasteiger partial charge on any atom is -0.279 e. The number of pyridine rings is 1. The van der Waals surface area contributed by atoms with Gasteiger partial charge in [0.25, 0.3) is 0 Å². The first-order valence-corrected chi connectivity index (χ1v) is 8.37. The number of para-hydroxylation sites is 1. The van der Waals surface area contributed by atoms with Crippen LogP contribution in [0.1, 0.15) is 24.6 Å². The number of hydrogen-bond donors (Lipinski definition) is 1. The maximum atomic E-state index is 4.50. The summed E-state index contributed by atoms with van der Waals surface area (Å²) in [7, 11) is 0. The van der Waals surface area contributed by atoms with E-state index in [-0.39, 0.29) is 0 Å². The predicted octanol–water partition coefficient (Wildman–Crippen LogP) is 4.62. The predicted molar refractivity (Wildman–Crippen MR) is 101 cm³/mol. The molecule has 122 valence electrons. The van der Waals surface area contributed by atoms with E-state index in [1.807, 2.05) is 0 Å². The van der Waals surface area contributed by atoms with Gasteiger partial charge in [0.2, 0.25) is 5.52 Å². The van der Waals surface area contributed by atoms with Crippen LogP contribution in [0.25, 0.3) is 10.9 Å². The highest BCUT2D eigenvalue weighted by atomic mass is 15.3. The van der Waals surface area contributed by atoms with Crippen LogP contribution in [-0.4, -0.2) is 5.71 Å². The maximum Gasteiger partial charge on any atom is 0.212 e. The lowest BCUT2D eigenvalue weighted by atomic mass is 10.2. The van der Waals surface area contributed by atoms with Gasteiger partial charge in [0.15, 0.2) is 12.2 Å². The molecule has 3 heteroatoms. The minimum atomic E-state index is 0.915. The molecular weight excluding hydrogens is 294 g/mol. The lowest BCUT2D eigenvalue weighted by molar-refractivity contribution is -0.676. The summed E-state index contributed by atoms with van der Waals surface area (Å²) < 4.78 is 2.36. The molecule has 24 heavy (non-hydrogen) atoms. The van der Waals surface area contributed by atoms with Crippen molar-refractivity contribution in [3.05, 3.63) is 71.9 Å². The second-order valence-corrected chi connectivity index (χ2v) is 6.26. The molecule has 0 radical (unpaired) electrons. The first-order valence-electron chi connectivity index (χ1n) is 8.37. The van der Waals surface area contributed by atoms with Crippen LogP contribution in [-0.2, 0) is 6.54 Å². The van der Waals surface area contributed by atoms with E-state index in [1.54, 1.807) is 0 Å². The Morgan fingerprint density at radius 2 is 1.71 bits per heavy atom. The molecule has 0 spiro atoms. The number of nitrogens with zero attached hydrogens (tertiary/aromatic N) is 2. The van der Waals surface area contributed by atoms with Gasteiger partial charge in [0.05, 0.1) is 5.69 Å². The van der Waals surface area contributed by atoms with Crippen molar-refractivity contribution in [3.8, 4) is 0 Å². The van der Waals surface area contributed by atoms with Gasteiger partial charge in [-0.1, -0.05) is 29.8 Å². The molecule has 0 aliphatic rings. The molecule has 0 aliphatic carbocycles. The van der Waals surface area contributed by atoms with Crippen LogP contribution >= 0.6 is 0 Å². The van der Waals surface area contributed by atoms with Gasteiger partial charge in [-0.15, -0.1) is 0 Å². The Kier molecular flexibility index (Phi) is 4.90. The molecule has 1 N–H and O–H groups in total. The third-order valence-corrected chi connectivity index (χ3v) is 4.28. The van der Waals surface area contributed by atoms with E-state index in [4.69, 9.17) is 0 Å². The summed E-state index contributed by atoms with van der Waals surface area (Å²) in [6.07, 6.45) is 0.915. The summed E-state index contributed by atoms with van der Waals surface area (Å²) in [5.41, 5.74) is 9.05. The average molecular weight is 318 g/mol. The summed E-state index contributed by atoms with van der Waals surface area (Å²) in [4.78, 5) is 0. The number of nitrogens with one attached hydrogen (secondary N) is 1. The summed E-state index contributed by atoms with van der Waals surface area (Å²) in [6.45, 7) is 7.24. The molecule has 0 amide bonds. The van der Waals surface area contributed by atoms with Crippen LogP contribution in [0, 0.1) is 13.8 Å². The Morgan fingerprint density at radius 3 is 2.50 bits per heavy atom. The Hall–Kier alpha value is -2.68. The van der Waals surface area contributed by atoms with Crippen LogP contribution < -0.4 is 9.99 Å². The number of anilines is 1. The molecule has 0 aliphatic heterocycles. The zero-order valence-electron chi connectivity index (χ0n) is 14.6. The smallest absolute Gasteiger partial charge is 0.212 e. The first-order chi connectivity index (χ1) is 11.6. The van der Waals surface area contributed by atoms with E-state index in [2.05, 4.69) is 96.5 Å². The van der Waals surface area contributed by atoms with Crippen molar-refractivity contribution in [1.82, 2.24) is 0 Å². The minimum absolute atomic E-state index is 0.915. The van der Waals surface area contributed by atoms with E-state index in [1.165, 1.54) is 22.2 Å². The summed E-state index contributed by atoms with van der Waals surface area (Å²) in [5, 5.41) is 5.78. The van der Waals surface area contributed by atoms with E-state index >= 15 is 0 Å². The molecule has 0 saturated carbocycles. The van der Waals surface area contributed by atoms with Gasteiger partial charge in [-0.25, -0.2) is 0 Å². The van der Waals surface area contributed by atoms with E-state index in [0.29, 0.717) is 0 Å². The van der Waals surface area contributed by atoms with E-state index < -0.39 is 0 Å². The fourth-order valence-corrected chi connectivity index (χ4v) is 2.78. The molecule has 2 aromatic carbocycles. The molecule has 3 nitrogen and oxygen atoms in total. The van der Waals surface area contributed by atoms with Gasteiger partial charge in [0.1, 0.15) is 0 Å². The van der Waals surface area contributed by atoms with Crippen LogP contribution in [0.15, 0.2) is 65.8 Å². The van der Waals surface area contributed by atoms with Crippen molar-refractivity contribution in [2.75, 3.05) is 5.43 Å². The third-order valence-electron chi connectivity index (χ3n) is 4.28. The summed E-state index contributed by atoms with van der Waals surface area (Å²) >= 11 is 0. The lowest BCUT2D eigenvalue weighted by Crippen LogP contribution is -2.38. The highest BCUT2D eigenvalue weighted by molar-refractivity contribution is 5.82. The molecule has 0 fully saturated rings. The van der Waals surface area contributed by atoms with Gasteiger partial charge >= 0.3 is 0 Å². The first kappa shape index (κ1) is 16.2. The monoisotopic (exact) mass is 318 g/mol. The average Bonchev–Trinajstić information content (AvgIpc) is 2.60. The number of hydrazone groups is 1. The fraction of sp³-hybridized carbons (Fsp3) is 0.238. The van der Waals surface area contributed by atoms with Crippen LogP contribution in [0.2, 0.25) is 0 Å². The van der Waals surface area contributed by atoms with Crippen LogP contribution in [0.5, 0.6) is 0 Å². The topological polar surface area (TPSA) is 28.3 Å². The normalized spacial score (nSPS) is 11.7. The van der Waals surface area contributed by atoms with Crippen molar-refractivity contribution in [1.29, 1.82) is 0 Å². The molecule has 0 atom stereocenters. The Balaban J connectivity index is 1.70. The molecule has 0 saturated heterocycles. The van der Waals surface area contributed by atoms with E-state index in [0.717, 1.165) is 24.4 Å². The molecular formula is C21H24N3+. The number of aromatic nitrogens is 1. The molecule has 0 bridgehead atoms. The fourth-order valence-electron chi connectivity index (χ4n) is 2.78. The van der Waals surface area contributed by atoms with Gasteiger partial charge in [-0.05, 0) is 38.1 Å². The number of rotatable bonds is 5. The summed E-state index contributed by atoms with van der Waals surface area (Å²) in [5.74, 6) is 0. The Labute approximate surface area is 143 Å². The zero-order valence-corrected chi connectivity index (χ0v) is 14.6. The van der Waals surface area contributed by atoms with Gasteiger partial charge in [-0.3, -0.25) is 5.43 Å². The standard InChI is InChI=1S/C21H24N3/c1-16-8-12-20(13-9-16)23-22-17(2)14-15-24-18(3)10-11-19-6-4-5-7-21(19)24/h4-13,23H,14-15H2,1-3H3/q+1/b22-17-. The molecule has 3 aromatic rings. The van der Waals surface area contributed by atoms with Crippen LogP contribution in [0.3, 0.4) is 0 Å². The number of aryl methyl sites for hydroxylation is 3. The highest BCUT2D eigenvalue weighted by Crippen LogP contribution is 2.11. The third kappa shape index (κ3) is 3.80.